The van der Waals surface area contributed by atoms with Crippen LogP contribution in [0.1, 0.15) is 19.3 Å². The van der Waals surface area contributed by atoms with Crippen LogP contribution in [-0.4, -0.2) is 43.7 Å². The number of hydrogen-bond donors (Lipinski definition) is 2. The molecule has 22 heavy (non-hydrogen) atoms. The highest BCUT2D eigenvalue weighted by molar-refractivity contribution is 14.0. The van der Waals surface area contributed by atoms with Crippen LogP contribution in [0.2, 0.25) is 0 Å². The van der Waals surface area contributed by atoms with E-state index in [0.717, 1.165) is 36.5 Å². The van der Waals surface area contributed by atoms with Crippen molar-refractivity contribution in [3.8, 4) is 5.75 Å². The highest BCUT2D eigenvalue weighted by atomic mass is 127. The van der Waals surface area contributed by atoms with Crippen molar-refractivity contribution in [2.75, 3.05) is 32.5 Å². The quantitative estimate of drug-likeness (QED) is 0.299. The Hall–Kier alpha value is -0.630. The van der Waals surface area contributed by atoms with E-state index in [-0.39, 0.29) is 24.0 Å². The van der Waals surface area contributed by atoms with Gasteiger partial charge in [-0.05, 0) is 37.1 Å². The number of guanidine groups is 1. The van der Waals surface area contributed by atoms with Gasteiger partial charge in [-0.1, -0.05) is 18.2 Å². The van der Waals surface area contributed by atoms with E-state index >= 15 is 0 Å². The lowest BCUT2D eigenvalue weighted by molar-refractivity contribution is 0.311. The van der Waals surface area contributed by atoms with E-state index in [2.05, 4.69) is 27.4 Å². The molecule has 1 atom stereocenters. The van der Waals surface area contributed by atoms with Gasteiger partial charge in [0.25, 0.3) is 0 Å². The first-order chi connectivity index (χ1) is 10.4. The average molecular weight is 435 g/mol. The Morgan fingerprint density at radius 3 is 2.82 bits per heavy atom. The molecule has 2 N–H and O–H groups in total. The fourth-order valence-corrected chi connectivity index (χ4v) is 3.42. The molecular weight excluding hydrogens is 409 g/mol. The Bertz CT molecular complexity index is 425. The van der Waals surface area contributed by atoms with E-state index in [1.807, 2.05) is 37.4 Å². The molecule has 2 rings (SSSR count). The molecule has 1 unspecified atom stereocenters. The average Bonchev–Trinajstić information content (AvgIpc) is 3.04. The monoisotopic (exact) mass is 435 g/mol. The van der Waals surface area contributed by atoms with Gasteiger partial charge in [0.2, 0.25) is 0 Å². The van der Waals surface area contributed by atoms with Crippen LogP contribution in [0.5, 0.6) is 5.75 Å². The van der Waals surface area contributed by atoms with Gasteiger partial charge < -0.3 is 15.4 Å². The molecular formula is C16H26IN3OS. The lowest BCUT2D eigenvalue weighted by Crippen LogP contribution is -2.40. The minimum absolute atomic E-state index is 0. The number of aliphatic imine (C=N–C) groups is 1. The number of para-hydroxylation sites is 1. The molecule has 0 bridgehead atoms. The summed E-state index contributed by atoms with van der Waals surface area (Å²) in [6, 6.07) is 9.92. The maximum Gasteiger partial charge on any atom is 0.191 e. The Morgan fingerprint density at radius 2 is 2.14 bits per heavy atom. The van der Waals surface area contributed by atoms with Crippen molar-refractivity contribution in [3.63, 3.8) is 0 Å². The van der Waals surface area contributed by atoms with Gasteiger partial charge >= 0.3 is 0 Å². The van der Waals surface area contributed by atoms with E-state index in [4.69, 9.17) is 4.74 Å². The molecule has 1 aromatic rings. The van der Waals surface area contributed by atoms with E-state index < -0.39 is 0 Å². The van der Waals surface area contributed by atoms with Crippen LogP contribution in [0.4, 0.5) is 0 Å². The van der Waals surface area contributed by atoms with E-state index in [1.54, 1.807) is 0 Å². The second kappa shape index (κ2) is 11.9. The third kappa shape index (κ3) is 7.58. The number of hydrogen-bond acceptors (Lipinski definition) is 3. The SMILES string of the molecule is CN=C(NCCCOc1ccccc1)NCC1CCCS1.I. The number of nitrogens with zero attached hydrogens (tertiary/aromatic N) is 1. The van der Waals surface area contributed by atoms with Gasteiger partial charge in [0, 0.05) is 25.4 Å². The molecule has 1 heterocycles. The van der Waals surface area contributed by atoms with Gasteiger partial charge in [-0.2, -0.15) is 11.8 Å². The van der Waals surface area contributed by atoms with Crippen LogP contribution in [0, 0.1) is 0 Å². The second-order valence-corrected chi connectivity index (χ2v) is 6.44. The minimum Gasteiger partial charge on any atom is -0.494 e. The summed E-state index contributed by atoms with van der Waals surface area (Å²) in [6.07, 6.45) is 3.62. The maximum atomic E-state index is 5.66. The summed E-state index contributed by atoms with van der Waals surface area (Å²) in [7, 11) is 1.82. The van der Waals surface area contributed by atoms with E-state index in [0.29, 0.717) is 6.61 Å². The zero-order valence-electron chi connectivity index (χ0n) is 13.1. The highest BCUT2D eigenvalue weighted by Crippen LogP contribution is 2.25. The Morgan fingerprint density at radius 1 is 1.32 bits per heavy atom. The first kappa shape index (κ1) is 19.4. The molecule has 1 aromatic carbocycles. The van der Waals surface area contributed by atoms with Crippen molar-refractivity contribution in [3.05, 3.63) is 30.3 Å². The van der Waals surface area contributed by atoms with E-state index in [1.165, 1.54) is 18.6 Å². The fraction of sp³-hybridized carbons (Fsp3) is 0.562. The zero-order valence-corrected chi connectivity index (χ0v) is 16.2. The van der Waals surface area contributed by atoms with E-state index in [9.17, 15) is 0 Å². The van der Waals surface area contributed by atoms with Gasteiger partial charge in [0.15, 0.2) is 5.96 Å². The van der Waals surface area contributed by atoms with Gasteiger partial charge in [0.1, 0.15) is 5.75 Å². The molecule has 6 heteroatoms. The number of rotatable bonds is 7. The molecule has 1 aliphatic rings. The standard InChI is InChI=1S/C16H25N3OS.HI/c1-17-16(19-13-15-9-5-12-21-15)18-10-6-11-20-14-7-3-2-4-8-14;/h2-4,7-8,15H,5-6,9-13H2,1H3,(H2,17,18,19);1H. The molecule has 0 radical (unpaired) electrons. The van der Waals surface area contributed by atoms with Crippen LogP contribution in [-0.2, 0) is 0 Å². The number of nitrogens with one attached hydrogen (secondary N) is 2. The highest BCUT2D eigenvalue weighted by Gasteiger charge is 2.15. The molecule has 0 aliphatic carbocycles. The second-order valence-electron chi connectivity index (χ2n) is 5.03. The summed E-state index contributed by atoms with van der Waals surface area (Å²) >= 11 is 2.06. The molecule has 0 amide bonds. The lowest BCUT2D eigenvalue weighted by atomic mass is 10.2. The molecule has 4 nitrogen and oxygen atoms in total. The Balaban J connectivity index is 0.00000242. The molecule has 0 saturated carbocycles. The van der Waals surface area contributed by atoms with Gasteiger partial charge in [-0.3, -0.25) is 4.99 Å². The summed E-state index contributed by atoms with van der Waals surface area (Å²) in [4.78, 5) is 4.25. The molecule has 1 fully saturated rings. The summed E-state index contributed by atoms with van der Waals surface area (Å²) in [5, 5.41) is 7.47. The first-order valence-corrected chi connectivity index (χ1v) is 8.67. The van der Waals surface area contributed by atoms with Gasteiger partial charge in [-0.25, -0.2) is 0 Å². The molecule has 0 aromatic heterocycles. The Labute approximate surface area is 154 Å². The summed E-state index contributed by atoms with van der Waals surface area (Å²) in [5.74, 6) is 3.12. The number of halogens is 1. The van der Waals surface area contributed by atoms with Gasteiger partial charge in [0.05, 0.1) is 6.61 Å². The summed E-state index contributed by atoms with van der Waals surface area (Å²) < 4.78 is 5.66. The normalized spacial score (nSPS) is 17.7. The van der Waals surface area contributed by atoms with Crippen molar-refractivity contribution in [1.82, 2.24) is 10.6 Å². The summed E-state index contributed by atoms with van der Waals surface area (Å²) in [6.45, 7) is 2.58. The van der Waals surface area contributed by atoms with Crippen LogP contribution in [0.3, 0.4) is 0 Å². The Kier molecular flexibility index (Phi) is 10.5. The van der Waals surface area contributed by atoms with Crippen molar-refractivity contribution in [2.24, 2.45) is 4.99 Å². The molecule has 0 spiro atoms. The van der Waals surface area contributed by atoms with Gasteiger partial charge in [-0.15, -0.1) is 24.0 Å². The first-order valence-electron chi connectivity index (χ1n) is 7.62. The van der Waals surface area contributed by atoms with Crippen LogP contribution < -0.4 is 15.4 Å². The van der Waals surface area contributed by atoms with Crippen molar-refractivity contribution in [1.29, 1.82) is 0 Å². The van der Waals surface area contributed by atoms with Crippen LogP contribution >= 0.6 is 35.7 Å². The lowest BCUT2D eigenvalue weighted by Gasteiger charge is -2.14. The van der Waals surface area contributed by atoms with Crippen molar-refractivity contribution >= 4 is 41.7 Å². The number of ether oxygens (including phenoxy) is 1. The molecule has 1 saturated heterocycles. The van der Waals surface area contributed by atoms with Crippen molar-refractivity contribution in [2.45, 2.75) is 24.5 Å². The molecule has 124 valence electrons. The third-order valence-corrected chi connectivity index (χ3v) is 4.77. The fourth-order valence-electron chi connectivity index (χ4n) is 2.22. The predicted octanol–water partition coefficient (Wildman–Crippen LogP) is 3.13. The minimum atomic E-state index is 0. The summed E-state index contributed by atoms with van der Waals surface area (Å²) in [5.41, 5.74) is 0. The maximum absolute atomic E-state index is 5.66. The van der Waals surface area contributed by atoms with Crippen molar-refractivity contribution < 1.29 is 4.74 Å². The third-order valence-electron chi connectivity index (χ3n) is 3.37. The number of thioether (sulfide) groups is 1. The topological polar surface area (TPSA) is 45.7 Å². The largest absolute Gasteiger partial charge is 0.494 e. The zero-order chi connectivity index (χ0) is 14.8. The predicted molar refractivity (Wildman–Crippen MR) is 107 cm³/mol. The molecule has 1 aliphatic heterocycles. The van der Waals surface area contributed by atoms with Crippen LogP contribution in [0.25, 0.3) is 0 Å². The van der Waals surface area contributed by atoms with Crippen LogP contribution in [0.15, 0.2) is 35.3 Å². The number of benzene rings is 1. The smallest absolute Gasteiger partial charge is 0.191 e.